The summed E-state index contributed by atoms with van der Waals surface area (Å²) in [6.45, 7) is 0.684. The molecule has 86 valence electrons. The highest BCUT2D eigenvalue weighted by Gasteiger charge is 2.14. The molecule has 1 unspecified atom stereocenters. The zero-order valence-electron chi connectivity index (χ0n) is 8.72. The average Bonchev–Trinajstić information content (AvgIpc) is 2.21. The smallest absolute Gasteiger partial charge is 0.320 e. The van der Waals surface area contributed by atoms with Crippen molar-refractivity contribution in [2.45, 2.75) is 18.9 Å². The van der Waals surface area contributed by atoms with Crippen LogP contribution in [-0.4, -0.2) is 42.2 Å². The van der Waals surface area contributed by atoms with Crippen molar-refractivity contribution < 1.29 is 9.90 Å². The Morgan fingerprint density at radius 2 is 2.47 bits per heavy atom. The summed E-state index contributed by atoms with van der Waals surface area (Å²) in [6, 6.07) is -0.536. The van der Waals surface area contributed by atoms with Crippen LogP contribution in [0.1, 0.15) is 12.8 Å². The number of hydrogen-bond donors (Lipinski definition) is 2. The second kappa shape index (κ2) is 9.64. The second-order valence-electron chi connectivity index (χ2n) is 2.93. The van der Waals surface area contributed by atoms with E-state index in [9.17, 15) is 4.79 Å². The van der Waals surface area contributed by atoms with E-state index in [1.54, 1.807) is 11.8 Å². The van der Waals surface area contributed by atoms with Gasteiger partial charge < -0.3 is 10.4 Å². The fraction of sp³-hybridized carbons (Fsp3) is 0.875. The number of carbonyl (C=O) groups is 1. The molecule has 0 radical (unpaired) electrons. The summed E-state index contributed by atoms with van der Waals surface area (Å²) in [7, 11) is 0. The highest BCUT2D eigenvalue weighted by molar-refractivity contribution is 7.98. The number of hydrogen-bond acceptors (Lipinski definition) is 4. The molecule has 0 rings (SSSR count). The van der Waals surface area contributed by atoms with Crippen LogP contribution in [0.25, 0.3) is 10.4 Å². The molecule has 0 aliphatic carbocycles. The van der Waals surface area contributed by atoms with Gasteiger partial charge in [0, 0.05) is 18.0 Å². The molecule has 6 nitrogen and oxygen atoms in total. The van der Waals surface area contributed by atoms with Crippen LogP contribution in [0.15, 0.2) is 5.11 Å². The third-order valence-electron chi connectivity index (χ3n) is 1.81. The predicted molar refractivity (Wildman–Crippen MR) is 61.1 cm³/mol. The van der Waals surface area contributed by atoms with Gasteiger partial charge >= 0.3 is 5.97 Å². The van der Waals surface area contributed by atoms with Crippen LogP contribution < -0.4 is 5.32 Å². The molecule has 7 heteroatoms. The fourth-order valence-electron chi connectivity index (χ4n) is 1.08. The molecule has 2 N–H and O–H groups in total. The number of carboxylic acid groups (broad SMARTS) is 1. The van der Waals surface area contributed by atoms with Crippen LogP contribution in [0, 0.1) is 0 Å². The van der Waals surface area contributed by atoms with Crippen molar-refractivity contribution in [2.24, 2.45) is 5.11 Å². The molecule has 0 aliphatic rings. The largest absolute Gasteiger partial charge is 0.480 e. The standard InChI is InChI=1S/C8H16N4O2S/c1-15-6-2-3-7(8(13)14)10-4-5-11-12-9/h7,10H,2-6H2,1H3,(H,13,14). The number of azide groups is 1. The highest BCUT2D eigenvalue weighted by Crippen LogP contribution is 2.03. The average molecular weight is 232 g/mol. The van der Waals surface area contributed by atoms with Crippen molar-refractivity contribution in [1.29, 1.82) is 0 Å². The summed E-state index contributed by atoms with van der Waals surface area (Å²) in [5, 5.41) is 15.0. The molecule has 0 fully saturated rings. The maximum Gasteiger partial charge on any atom is 0.320 e. The van der Waals surface area contributed by atoms with Crippen molar-refractivity contribution in [3.63, 3.8) is 0 Å². The first-order valence-corrected chi connectivity index (χ1v) is 6.07. The maximum absolute atomic E-state index is 10.8. The van der Waals surface area contributed by atoms with E-state index in [-0.39, 0.29) is 6.54 Å². The molecule has 0 aromatic carbocycles. The lowest BCUT2D eigenvalue weighted by Gasteiger charge is -2.12. The lowest BCUT2D eigenvalue weighted by molar-refractivity contribution is -0.139. The number of rotatable bonds is 9. The predicted octanol–water partition coefficient (Wildman–Crippen LogP) is 1.48. The minimum atomic E-state index is -0.850. The molecule has 0 aromatic rings. The topological polar surface area (TPSA) is 98.1 Å². The summed E-state index contributed by atoms with van der Waals surface area (Å²) >= 11 is 1.70. The zero-order chi connectivity index (χ0) is 11.5. The Labute approximate surface area is 93.1 Å². The third kappa shape index (κ3) is 8.11. The molecule has 15 heavy (non-hydrogen) atoms. The van der Waals surface area contributed by atoms with E-state index in [1.807, 2.05) is 6.26 Å². The van der Waals surface area contributed by atoms with Gasteiger partial charge in [0.05, 0.1) is 0 Å². The zero-order valence-corrected chi connectivity index (χ0v) is 9.53. The molecule has 0 saturated carbocycles. The van der Waals surface area contributed by atoms with Crippen LogP contribution >= 0.6 is 11.8 Å². The van der Waals surface area contributed by atoms with Gasteiger partial charge in [-0.1, -0.05) is 5.11 Å². The van der Waals surface area contributed by atoms with Gasteiger partial charge in [-0.05, 0) is 30.4 Å². The number of aliphatic carboxylic acids is 1. The van der Waals surface area contributed by atoms with Gasteiger partial charge in [-0.3, -0.25) is 4.79 Å². The maximum atomic E-state index is 10.8. The van der Waals surface area contributed by atoms with Crippen molar-refractivity contribution in [3.8, 4) is 0 Å². The van der Waals surface area contributed by atoms with Crippen molar-refractivity contribution >= 4 is 17.7 Å². The van der Waals surface area contributed by atoms with Crippen molar-refractivity contribution in [3.05, 3.63) is 10.4 Å². The van der Waals surface area contributed by atoms with Gasteiger partial charge in [0.1, 0.15) is 6.04 Å². The number of nitrogens with zero attached hydrogens (tertiary/aromatic N) is 3. The van der Waals surface area contributed by atoms with Crippen LogP contribution in [0.3, 0.4) is 0 Å². The van der Waals surface area contributed by atoms with Crippen molar-refractivity contribution in [2.75, 3.05) is 25.1 Å². The lowest BCUT2D eigenvalue weighted by atomic mass is 10.2. The fourth-order valence-corrected chi connectivity index (χ4v) is 1.53. The lowest BCUT2D eigenvalue weighted by Crippen LogP contribution is -2.38. The first-order valence-electron chi connectivity index (χ1n) is 4.68. The van der Waals surface area contributed by atoms with E-state index in [0.29, 0.717) is 13.0 Å². The molecule has 0 heterocycles. The van der Waals surface area contributed by atoms with Crippen LogP contribution in [0.5, 0.6) is 0 Å². The summed E-state index contributed by atoms with van der Waals surface area (Å²) in [6.07, 6.45) is 3.46. The second-order valence-corrected chi connectivity index (χ2v) is 3.92. The van der Waals surface area contributed by atoms with E-state index >= 15 is 0 Å². The molecule has 0 bridgehead atoms. The van der Waals surface area contributed by atoms with E-state index < -0.39 is 12.0 Å². The Morgan fingerprint density at radius 1 is 1.73 bits per heavy atom. The summed E-state index contributed by atoms with van der Waals surface area (Å²) in [5.74, 6) is 0.110. The molecule has 0 aromatic heterocycles. The minimum absolute atomic E-state index is 0.281. The Morgan fingerprint density at radius 3 is 3.00 bits per heavy atom. The molecule has 0 spiro atoms. The normalized spacial score (nSPS) is 11.8. The first kappa shape index (κ1) is 14.1. The van der Waals surface area contributed by atoms with Gasteiger partial charge in [-0.2, -0.15) is 11.8 Å². The van der Waals surface area contributed by atoms with Gasteiger partial charge in [-0.25, -0.2) is 0 Å². The Bertz CT molecular complexity index is 231. The number of thioether (sulfide) groups is 1. The molecule has 1 atom stereocenters. The quantitative estimate of drug-likeness (QED) is 0.272. The molecular weight excluding hydrogens is 216 g/mol. The molecule has 0 aliphatic heterocycles. The van der Waals surface area contributed by atoms with E-state index in [1.165, 1.54) is 0 Å². The molecular formula is C8H16N4O2S. The van der Waals surface area contributed by atoms with Crippen LogP contribution in [0.4, 0.5) is 0 Å². The van der Waals surface area contributed by atoms with E-state index in [4.69, 9.17) is 10.6 Å². The van der Waals surface area contributed by atoms with E-state index in [0.717, 1.165) is 12.2 Å². The molecule has 0 saturated heterocycles. The van der Waals surface area contributed by atoms with Gasteiger partial charge in [0.25, 0.3) is 0 Å². The van der Waals surface area contributed by atoms with Crippen LogP contribution in [0.2, 0.25) is 0 Å². The third-order valence-corrected chi connectivity index (χ3v) is 2.50. The Hall–Kier alpha value is -0.910. The first-order chi connectivity index (χ1) is 7.22. The Balaban J connectivity index is 3.73. The SMILES string of the molecule is CSCCCC(NCCN=[N+]=[N-])C(=O)O. The number of carboxylic acids is 1. The number of nitrogens with one attached hydrogen (secondary N) is 1. The van der Waals surface area contributed by atoms with Gasteiger partial charge in [-0.15, -0.1) is 0 Å². The molecule has 0 amide bonds. The van der Waals surface area contributed by atoms with Crippen LogP contribution in [-0.2, 0) is 4.79 Å². The summed E-state index contributed by atoms with van der Waals surface area (Å²) in [4.78, 5) is 13.4. The van der Waals surface area contributed by atoms with Gasteiger partial charge in [0.2, 0.25) is 0 Å². The van der Waals surface area contributed by atoms with Crippen molar-refractivity contribution in [1.82, 2.24) is 5.32 Å². The minimum Gasteiger partial charge on any atom is -0.480 e. The monoisotopic (exact) mass is 232 g/mol. The summed E-state index contributed by atoms with van der Waals surface area (Å²) in [5.41, 5.74) is 8.03. The van der Waals surface area contributed by atoms with E-state index in [2.05, 4.69) is 15.3 Å². The Kier molecular flexibility index (Phi) is 9.05. The summed E-state index contributed by atoms with van der Waals surface area (Å²) < 4.78 is 0. The highest BCUT2D eigenvalue weighted by atomic mass is 32.2. The van der Waals surface area contributed by atoms with Gasteiger partial charge in [0.15, 0.2) is 0 Å².